The minimum Gasteiger partial charge on any atom is -0.550 e. The average Bonchev–Trinajstić information content (AvgIpc) is 2.44. The van der Waals surface area contributed by atoms with Gasteiger partial charge in [0, 0.05) is 11.9 Å². The largest absolute Gasteiger partial charge is 0.550 e. The van der Waals surface area contributed by atoms with Gasteiger partial charge in [0.2, 0.25) is 0 Å². The number of carbonyl (C=O) groups excluding carboxylic acids is 1. The van der Waals surface area contributed by atoms with Crippen LogP contribution in [0.25, 0.3) is 0 Å². The van der Waals surface area contributed by atoms with Gasteiger partial charge in [0.1, 0.15) is 0 Å². The van der Waals surface area contributed by atoms with Crippen LogP contribution in [-0.2, 0) is 9.53 Å². The van der Waals surface area contributed by atoms with E-state index >= 15 is 0 Å². The second-order valence-electron chi connectivity index (χ2n) is 3.04. The Labute approximate surface area is 59.0 Å². The summed E-state index contributed by atoms with van der Waals surface area (Å²) >= 11 is 0. The van der Waals surface area contributed by atoms with Crippen LogP contribution in [0.15, 0.2) is 0 Å². The molecule has 0 N–H and O–H groups in total. The molecule has 56 valence electrons. The predicted molar refractivity (Wildman–Crippen MR) is 31.0 cm³/mol. The molecular weight excluding hydrogens is 132 g/mol. The van der Waals surface area contributed by atoms with Crippen molar-refractivity contribution in [2.45, 2.75) is 31.5 Å². The summed E-state index contributed by atoms with van der Waals surface area (Å²) < 4.78 is 5.33. The number of ether oxygens (including phenoxy) is 1. The Morgan fingerprint density at radius 2 is 2.30 bits per heavy atom. The lowest BCUT2D eigenvalue weighted by Gasteiger charge is -2.18. The van der Waals surface area contributed by atoms with Crippen LogP contribution in [0.5, 0.6) is 0 Å². The minimum atomic E-state index is -0.938. The second kappa shape index (κ2) is 1.95. The highest BCUT2D eigenvalue weighted by Crippen LogP contribution is 2.38. The van der Waals surface area contributed by atoms with Crippen LogP contribution in [0.3, 0.4) is 0 Å². The van der Waals surface area contributed by atoms with E-state index in [9.17, 15) is 9.90 Å². The maximum atomic E-state index is 10.4. The van der Waals surface area contributed by atoms with E-state index in [1.807, 2.05) is 0 Å². The number of carboxylic acids is 1. The standard InChI is InChI=1S/C7H10O3/c8-7(9)5-3-4-1-2-6(5)10-4/h4-6H,1-3H2,(H,8,9)/p-1. The molecule has 3 heteroatoms. The molecule has 0 radical (unpaired) electrons. The fourth-order valence-corrected chi connectivity index (χ4v) is 1.89. The van der Waals surface area contributed by atoms with E-state index in [0.29, 0.717) is 6.42 Å². The van der Waals surface area contributed by atoms with Crippen molar-refractivity contribution >= 4 is 5.97 Å². The van der Waals surface area contributed by atoms with E-state index in [-0.39, 0.29) is 18.1 Å². The highest BCUT2D eigenvalue weighted by molar-refractivity contribution is 5.69. The van der Waals surface area contributed by atoms with Gasteiger partial charge >= 0.3 is 0 Å². The van der Waals surface area contributed by atoms with Gasteiger partial charge in [-0.3, -0.25) is 0 Å². The third-order valence-electron chi connectivity index (χ3n) is 2.41. The summed E-state index contributed by atoms with van der Waals surface area (Å²) in [4.78, 5) is 10.4. The molecule has 2 fully saturated rings. The first-order valence-corrected chi connectivity index (χ1v) is 3.63. The molecule has 2 rings (SSSR count). The van der Waals surface area contributed by atoms with E-state index in [4.69, 9.17) is 4.74 Å². The Morgan fingerprint density at radius 1 is 1.50 bits per heavy atom. The minimum absolute atomic E-state index is 0.0324. The third-order valence-corrected chi connectivity index (χ3v) is 2.41. The zero-order chi connectivity index (χ0) is 7.14. The molecule has 0 aromatic heterocycles. The van der Waals surface area contributed by atoms with Gasteiger partial charge in [-0.1, -0.05) is 0 Å². The highest BCUT2D eigenvalue weighted by atomic mass is 16.5. The zero-order valence-corrected chi connectivity index (χ0v) is 5.58. The van der Waals surface area contributed by atoms with Gasteiger partial charge < -0.3 is 14.6 Å². The van der Waals surface area contributed by atoms with Crippen molar-refractivity contribution in [1.82, 2.24) is 0 Å². The maximum Gasteiger partial charge on any atom is 0.0661 e. The van der Waals surface area contributed by atoms with E-state index < -0.39 is 5.97 Å². The molecule has 0 amide bonds. The Hall–Kier alpha value is -0.570. The Morgan fingerprint density at radius 3 is 2.60 bits per heavy atom. The first kappa shape index (κ1) is 6.16. The number of hydrogen-bond acceptors (Lipinski definition) is 3. The summed E-state index contributed by atoms with van der Waals surface area (Å²) in [7, 11) is 0. The topological polar surface area (TPSA) is 49.4 Å². The lowest BCUT2D eigenvalue weighted by Crippen LogP contribution is -2.36. The van der Waals surface area contributed by atoms with Crippen LogP contribution < -0.4 is 5.11 Å². The van der Waals surface area contributed by atoms with Crippen molar-refractivity contribution in [3.05, 3.63) is 0 Å². The average molecular weight is 141 g/mol. The zero-order valence-electron chi connectivity index (χ0n) is 5.58. The van der Waals surface area contributed by atoms with Crippen molar-refractivity contribution < 1.29 is 14.6 Å². The number of hydrogen-bond donors (Lipinski definition) is 0. The maximum absolute atomic E-state index is 10.4. The van der Waals surface area contributed by atoms with Gasteiger partial charge in [0.05, 0.1) is 12.2 Å². The molecule has 2 bridgehead atoms. The Kier molecular flexibility index (Phi) is 1.20. The van der Waals surface area contributed by atoms with Crippen LogP contribution in [-0.4, -0.2) is 18.2 Å². The number of carbonyl (C=O) groups is 1. The number of fused-ring (bicyclic) bond motifs is 2. The molecule has 0 aromatic carbocycles. The molecule has 3 atom stereocenters. The Balaban J connectivity index is 2.08. The summed E-state index contributed by atoms with van der Waals surface area (Å²) in [5.41, 5.74) is 0. The Bertz CT molecular complexity index is 166. The highest BCUT2D eigenvalue weighted by Gasteiger charge is 2.41. The van der Waals surface area contributed by atoms with Gasteiger partial charge in [0.25, 0.3) is 0 Å². The van der Waals surface area contributed by atoms with E-state index in [0.717, 1.165) is 12.8 Å². The van der Waals surface area contributed by atoms with Crippen molar-refractivity contribution in [2.24, 2.45) is 5.92 Å². The molecule has 2 saturated heterocycles. The van der Waals surface area contributed by atoms with Crippen LogP contribution in [0.4, 0.5) is 0 Å². The van der Waals surface area contributed by atoms with E-state index in [2.05, 4.69) is 0 Å². The SMILES string of the molecule is O=C([O-])C1CC2CCC1O2. The molecule has 3 nitrogen and oxygen atoms in total. The second-order valence-corrected chi connectivity index (χ2v) is 3.04. The molecule has 10 heavy (non-hydrogen) atoms. The summed E-state index contributed by atoms with van der Waals surface area (Å²) in [6.45, 7) is 0. The number of carboxylic acid groups (broad SMARTS) is 1. The quantitative estimate of drug-likeness (QED) is 0.485. The summed E-state index contributed by atoms with van der Waals surface area (Å²) in [5, 5.41) is 10.4. The van der Waals surface area contributed by atoms with Crippen molar-refractivity contribution in [3.63, 3.8) is 0 Å². The third kappa shape index (κ3) is 0.736. The fourth-order valence-electron chi connectivity index (χ4n) is 1.89. The van der Waals surface area contributed by atoms with Crippen LogP contribution in [0.2, 0.25) is 0 Å². The summed E-state index contributed by atoms with van der Waals surface area (Å²) in [6.07, 6.45) is 2.80. The molecular formula is C7H9O3-. The normalized spacial score (nSPS) is 44.2. The smallest absolute Gasteiger partial charge is 0.0661 e. The van der Waals surface area contributed by atoms with Gasteiger partial charge in [0.15, 0.2) is 0 Å². The first-order chi connectivity index (χ1) is 4.77. The van der Waals surface area contributed by atoms with E-state index in [1.54, 1.807) is 0 Å². The number of rotatable bonds is 1. The van der Waals surface area contributed by atoms with Gasteiger partial charge in [-0.05, 0) is 19.3 Å². The van der Waals surface area contributed by atoms with Gasteiger partial charge in [-0.2, -0.15) is 0 Å². The summed E-state index contributed by atoms with van der Waals surface area (Å²) in [5.74, 6) is -1.26. The van der Waals surface area contributed by atoms with Crippen LogP contribution >= 0.6 is 0 Å². The van der Waals surface area contributed by atoms with Crippen LogP contribution in [0, 0.1) is 5.92 Å². The van der Waals surface area contributed by atoms with Crippen molar-refractivity contribution in [2.75, 3.05) is 0 Å². The monoisotopic (exact) mass is 141 g/mol. The summed E-state index contributed by atoms with van der Waals surface area (Å²) in [6, 6.07) is 0. The van der Waals surface area contributed by atoms with Gasteiger partial charge in [-0.15, -0.1) is 0 Å². The van der Waals surface area contributed by atoms with Crippen molar-refractivity contribution in [1.29, 1.82) is 0 Å². The van der Waals surface area contributed by atoms with Gasteiger partial charge in [-0.25, -0.2) is 0 Å². The molecule has 2 aliphatic rings. The molecule has 2 aliphatic heterocycles. The molecule has 2 heterocycles. The lowest BCUT2D eigenvalue weighted by molar-refractivity contribution is -0.312. The van der Waals surface area contributed by atoms with Crippen molar-refractivity contribution in [3.8, 4) is 0 Å². The molecule has 3 unspecified atom stereocenters. The molecule has 0 aromatic rings. The fraction of sp³-hybridized carbons (Fsp3) is 0.857. The van der Waals surface area contributed by atoms with Crippen LogP contribution in [0.1, 0.15) is 19.3 Å². The number of aliphatic carboxylic acids is 1. The lowest BCUT2D eigenvalue weighted by atomic mass is 9.89. The molecule has 0 aliphatic carbocycles. The molecule has 0 saturated carbocycles. The first-order valence-electron chi connectivity index (χ1n) is 3.63. The predicted octanol–water partition coefficient (Wildman–Crippen LogP) is -0.696. The van der Waals surface area contributed by atoms with E-state index in [1.165, 1.54) is 0 Å². The molecule has 0 spiro atoms.